The fourth-order valence-electron chi connectivity index (χ4n) is 1.62. The molecule has 1 rings (SSSR count). The van der Waals surface area contributed by atoms with Crippen molar-refractivity contribution in [2.75, 3.05) is 0 Å². The quantitative estimate of drug-likeness (QED) is 0.403. The van der Waals surface area contributed by atoms with Crippen LogP contribution in [0, 0.1) is 0 Å². The first-order valence-electron chi connectivity index (χ1n) is 6.52. The predicted octanol–water partition coefficient (Wildman–Crippen LogP) is 3.55. The van der Waals surface area contributed by atoms with Crippen molar-refractivity contribution in [2.24, 2.45) is 0 Å². The molecule has 1 nitrogen and oxygen atoms in total. The molecule has 100 valence electrons. The van der Waals surface area contributed by atoms with Crippen molar-refractivity contribution in [3.63, 3.8) is 0 Å². The first-order valence-corrected chi connectivity index (χ1v) is 11.8. The van der Waals surface area contributed by atoms with Gasteiger partial charge in [0.1, 0.15) is 0 Å². The third kappa shape index (κ3) is 7.17. The van der Waals surface area contributed by atoms with E-state index in [1.165, 1.54) is 10.9 Å². The van der Waals surface area contributed by atoms with Gasteiger partial charge in [0.05, 0.1) is 0 Å². The molecule has 0 aromatic heterocycles. The van der Waals surface area contributed by atoms with Crippen LogP contribution in [0.4, 0.5) is 0 Å². The zero-order valence-corrected chi connectivity index (χ0v) is 14.4. The van der Waals surface area contributed by atoms with Crippen molar-refractivity contribution >= 4 is 27.7 Å². The van der Waals surface area contributed by atoms with Gasteiger partial charge in [-0.05, 0) is 0 Å². The fourth-order valence-corrected chi connectivity index (χ4v) is 6.58. The van der Waals surface area contributed by atoms with E-state index in [0.717, 1.165) is 12.8 Å². The van der Waals surface area contributed by atoms with Crippen LogP contribution < -0.4 is 4.46 Å². The molecule has 0 bridgehead atoms. The third-order valence-corrected chi connectivity index (χ3v) is 6.11. The molecule has 1 unspecified atom stereocenters. The van der Waals surface area contributed by atoms with Crippen LogP contribution in [0.1, 0.15) is 19.3 Å². The SMILES string of the molecule is C=CCCCC(O[Si](C)(C)C)[Se]c1ccccc1. The maximum atomic E-state index is 6.32. The van der Waals surface area contributed by atoms with Crippen LogP contribution in [0.5, 0.6) is 0 Å². The molecule has 0 fully saturated rings. The van der Waals surface area contributed by atoms with Gasteiger partial charge < -0.3 is 0 Å². The molecule has 0 saturated carbocycles. The molecule has 0 spiro atoms. The second kappa shape index (κ2) is 7.95. The van der Waals surface area contributed by atoms with Gasteiger partial charge in [-0.15, -0.1) is 0 Å². The van der Waals surface area contributed by atoms with Crippen LogP contribution in [0.25, 0.3) is 0 Å². The first kappa shape index (κ1) is 15.7. The average Bonchev–Trinajstić information content (AvgIpc) is 2.28. The Labute approximate surface area is 119 Å². The summed E-state index contributed by atoms with van der Waals surface area (Å²) in [4.78, 5) is 0. The van der Waals surface area contributed by atoms with E-state index in [1.54, 1.807) is 0 Å². The van der Waals surface area contributed by atoms with Gasteiger partial charge in [0.25, 0.3) is 0 Å². The monoisotopic (exact) mass is 328 g/mol. The average molecular weight is 327 g/mol. The van der Waals surface area contributed by atoms with Crippen molar-refractivity contribution in [1.82, 2.24) is 0 Å². The summed E-state index contributed by atoms with van der Waals surface area (Å²) in [6.45, 7) is 10.6. The second-order valence-corrected chi connectivity index (χ2v) is 12.4. The molecule has 1 aromatic rings. The van der Waals surface area contributed by atoms with E-state index in [1.807, 2.05) is 6.08 Å². The molecule has 0 heterocycles. The molecule has 0 N–H and O–H groups in total. The van der Waals surface area contributed by atoms with Gasteiger partial charge in [-0.1, -0.05) is 0 Å². The second-order valence-electron chi connectivity index (χ2n) is 5.31. The topological polar surface area (TPSA) is 9.23 Å². The van der Waals surface area contributed by atoms with Gasteiger partial charge in [0.15, 0.2) is 0 Å². The minimum atomic E-state index is -1.44. The molecule has 3 heteroatoms. The molecule has 0 aliphatic carbocycles. The zero-order valence-electron chi connectivity index (χ0n) is 11.7. The number of allylic oxidation sites excluding steroid dienone is 1. The zero-order chi connectivity index (χ0) is 13.4. The summed E-state index contributed by atoms with van der Waals surface area (Å²) < 4.78 is 7.76. The van der Waals surface area contributed by atoms with Crippen molar-refractivity contribution in [3.05, 3.63) is 43.0 Å². The van der Waals surface area contributed by atoms with Crippen LogP contribution in [-0.4, -0.2) is 28.3 Å². The van der Waals surface area contributed by atoms with Crippen molar-refractivity contribution in [2.45, 2.75) is 43.9 Å². The number of hydrogen-bond acceptors (Lipinski definition) is 1. The molecule has 0 aliphatic rings. The van der Waals surface area contributed by atoms with E-state index in [4.69, 9.17) is 4.43 Å². The molecular weight excluding hydrogens is 303 g/mol. The fraction of sp³-hybridized carbons (Fsp3) is 0.467. The Bertz CT molecular complexity index is 345. The van der Waals surface area contributed by atoms with Gasteiger partial charge in [-0.25, -0.2) is 0 Å². The first-order chi connectivity index (χ1) is 8.51. The van der Waals surface area contributed by atoms with Crippen molar-refractivity contribution < 1.29 is 4.43 Å². The summed E-state index contributed by atoms with van der Waals surface area (Å²) in [6.07, 6.45) is 5.44. The van der Waals surface area contributed by atoms with E-state index in [9.17, 15) is 0 Å². The van der Waals surface area contributed by atoms with Crippen LogP contribution in [-0.2, 0) is 4.43 Å². The molecule has 18 heavy (non-hydrogen) atoms. The Morgan fingerprint density at radius 3 is 2.50 bits per heavy atom. The van der Waals surface area contributed by atoms with Gasteiger partial charge in [-0.2, -0.15) is 0 Å². The van der Waals surface area contributed by atoms with Crippen LogP contribution in [0.3, 0.4) is 0 Å². The Hall–Kier alpha value is -0.344. The van der Waals surface area contributed by atoms with Gasteiger partial charge >= 0.3 is 119 Å². The Kier molecular flexibility index (Phi) is 6.94. The van der Waals surface area contributed by atoms with Gasteiger partial charge in [-0.3, -0.25) is 0 Å². The van der Waals surface area contributed by atoms with Crippen LogP contribution in [0.15, 0.2) is 43.0 Å². The molecule has 0 amide bonds. The summed E-state index contributed by atoms with van der Waals surface area (Å²) >= 11 is 0.419. The molecule has 0 saturated heterocycles. The van der Waals surface area contributed by atoms with Crippen molar-refractivity contribution in [3.8, 4) is 0 Å². The standard InChI is InChI=1S/C15H24OSeSi/c1-5-6-8-13-15(16-18(2,3)4)17-14-11-9-7-10-12-14/h5,7,9-12,15H,1,6,8,13H2,2-4H3. The van der Waals surface area contributed by atoms with Gasteiger partial charge in [0, 0.05) is 0 Å². The summed E-state index contributed by atoms with van der Waals surface area (Å²) in [5.41, 5.74) is 0. The molecule has 1 aromatic carbocycles. The number of unbranched alkanes of at least 4 members (excludes halogenated alkanes) is 1. The van der Waals surface area contributed by atoms with E-state index in [-0.39, 0.29) is 0 Å². The maximum absolute atomic E-state index is 6.32. The van der Waals surface area contributed by atoms with Crippen molar-refractivity contribution in [1.29, 1.82) is 0 Å². The predicted molar refractivity (Wildman–Crippen MR) is 84.1 cm³/mol. The Morgan fingerprint density at radius 1 is 1.28 bits per heavy atom. The third-order valence-electron chi connectivity index (χ3n) is 2.34. The van der Waals surface area contributed by atoms with E-state index < -0.39 is 8.32 Å². The number of rotatable bonds is 8. The Balaban J connectivity index is 2.56. The molecule has 0 aliphatic heterocycles. The minimum absolute atomic E-state index is 0.419. The molecule has 0 radical (unpaired) electrons. The summed E-state index contributed by atoms with van der Waals surface area (Å²) in [5, 5.41) is 0.423. The van der Waals surface area contributed by atoms with E-state index >= 15 is 0 Å². The summed E-state index contributed by atoms with van der Waals surface area (Å²) in [6, 6.07) is 10.7. The van der Waals surface area contributed by atoms with Crippen LogP contribution in [0.2, 0.25) is 19.6 Å². The van der Waals surface area contributed by atoms with E-state index in [0.29, 0.717) is 20.0 Å². The summed E-state index contributed by atoms with van der Waals surface area (Å²) in [7, 11) is -1.44. The summed E-state index contributed by atoms with van der Waals surface area (Å²) in [5.74, 6) is 0. The normalized spacial score (nSPS) is 13.3. The Morgan fingerprint density at radius 2 is 1.94 bits per heavy atom. The molecular formula is C15H24OSeSi. The number of benzene rings is 1. The number of hydrogen-bond donors (Lipinski definition) is 0. The molecule has 1 atom stereocenters. The van der Waals surface area contributed by atoms with E-state index in [2.05, 4.69) is 56.6 Å². The van der Waals surface area contributed by atoms with Crippen LogP contribution >= 0.6 is 0 Å². The van der Waals surface area contributed by atoms with Gasteiger partial charge in [0.2, 0.25) is 0 Å².